The highest BCUT2D eigenvalue weighted by Gasteiger charge is 2.36. The van der Waals surface area contributed by atoms with E-state index < -0.39 is 5.91 Å². The minimum absolute atomic E-state index is 0.234. The fraction of sp³-hybridized carbons (Fsp3) is 0.692. The second kappa shape index (κ2) is 5.21. The number of nitrogens with one attached hydrogen (secondary N) is 1. The van der Waals surface area contributed by atoms with Gasteiger partial charge >= 0.3 is 0 Å². The smallest absolute Gasteiger partial charge is 0.255 e. The van der Waals surface area contributed by atoms with Gasteiger partial charge in [-0.1, -0.05) is 6.42 Å². The number of hydrogen-bond donors (Lipinski definition) is 3. The quantitative estimate of drug-likeness (QED) is 0.780. The van der Waals surface area contributed by atoms with E-state index in [9.17, 15) is 4.79 Å². The Bertz CT molecular complexity index is 503. The normalized spacial score (nSPS) is 30.1. The number of fused-ring (bicyclic) bond motifs is 2. The van der Waals surface area contributed by atoms with Gasteiger partial charge < -0.3 is 21.7 Å². The topological polar surface area (TPSA) is 97.3 Å². The summed E-state index contributed by atoms with van der Waals surface area (Å²) in [6.45, 7) is 0. The third-order valence-electron chi connectivity index (χ3n) is 4.64. The fourth-order valence-corrected chi connectivity index (χ4v) is 4.35. The Morgan fingerprint density at radius 2 is 2.05 bits per heavy atom. The van der Waals surface area contributed by atoms with Crippen LogP contribution >= 0.6 is 11.5 Å². The van der Waals surface area contributed by atoms with Crippen molar-refractivity contribution >= 4 is 28.3 Å². The summed E-state index contributed by atoms with van der Waals surface area (Å²) in [4.78, 5) is 14.0. The summed E-state index contributed by atoms with van der Waals surface area (Å²) in [7, 11) is 2.23. The van der Waals surface area contributed by atoms with E-state index in [1.165, 1.54) is 30.8 Å². The van der Waals surface area contributed by atoms with Crippen LogP contribution in [0, 0.1) is 0 Å². The van der Waals surface area contributed by atoms with Gasteiger partial charge in [0, 0.05) is 18.1 Å². The molecule has 2 fully saturated rings. The first-order valence-corrected chi connectivity index (χ1v) is 7.87. The first-order chi connectivity index (χ1) is 9.56. The van der Waals surface area contributed by atoms with E-state index in [4.69, 9.17) is 11.5 Å². The Hall–Kier alpha value is -1.34. The summed E-state index contributed by atoms with van der Waals surface area (Å²) in [5.41, 5.74) is 11.4. The van der Waals surface area contributed by atoms with E-state index >= 15 is 0 Å². The van der Waals surface area contributed by atoms with E-state index in [2.05, 4.69) is 21.6 Å². The summed E-state index contributed by atoms with van der Waals surface area (Å²) >= 11 is 1.23. The Balaban J connectivity index is 1.74. The number of nitrogens with two attached hydrogens (primary N) is 2. The number of carbonyl (C=O) groups excluding carboxylic acids is 1. The molecule has 0 spiro atoms. The van der Waals surface area contributed by atoms with Gasteiger partial charge in [0.05, 0.1) is 0 Å². The van der Waals surface area contributed by atoms with Crippen molar-refractivity contribution in [2.45, 2.75) is 50.2 Å². The Morgan fingerprint density at radius 1 is 1.40 bits per heavy atom. The molecule has 20 heavy (non-hydrogen) atoms. The minimum atomic E-state index is -0.508. The third-order valence-corrected chi connectivity index (χ3v) is 5.43. The number of primary amides is 1. The number of nitrogens with zero attached hydrogens (tertiary/aromatic N) is 2. The van der Waals surface area contributed by atoms with Crippen molar-refractivity contribution in [1.29, 1.82) is 0 Å². The number of anilines is 2. The number of piperidine rings is 2. The molecular formula is C13H21N5OS. The maximum atomic E-state index is 11.5. The summed E-state index contributed by atoms with van der Waals surface area (Å²) in [6, 6.07) is 1.66. The zero-order chi connectivity index (χ0) is 14.3. The van der Waals surface area contributed by atoms with Crippen LogP contribution in [-0.4, -0.2) is 40.4 Å². The van der Waals surface area contributed by atoms with E-state index in [0.717, 1.165) is 17.8 Å². The van der Waals surface area contributed by atoms with Crippen LogP contribution < -0.4 is 16.8 Å². The van der Waals surface area contributed by atoms with Gasteiger partial charge in [-0.15, -0.1) is 0 Å². The Morgan fingerprint density at radius 3 is 2.65 bits per heavy atom. The van der Waals surface area contributed by atoms with Gasteiger partial charge in [-0.25, -0.2) is 0 Å². The molecule has 6 nitrogen and oxygen atoms in total. The van der Waals surface area contributed by atoms with Crippen LogP contribution in [0.1, 0.15) is 42.5 Å². The van der Waals surface area contributed by atoms with Crippen molar-refractivity contribution in [1.82, 2.24) is 9.27 Å². The van der Waals surface area contributed by atoms with Crippen molar-refractivity contribution < 1.29 is 4.79 Å². The lowest BCUT2D eigenvalue weighted by Gasteiger charge is -2.47. The average molecular weight is 295 g/mol. The molecule has 2 aliphatic rings. The van der Waals surface area contributed by atoms with Gasteiger partial charge in [-0.2, -0.15) is 4.37 Å². The second-order valence-electron chi connectivity index (χ2n) is 5.85. The molecule has 3 heterocycles. The number of nitrogen functional groups attached to an aromatic ring is 1. The average Bonchev–Trinajstić information content (AvgIpc) is 2.72. The SMILES string of the molecule is CN1C2CCCC1CC(Nc1snc(N)c1C(N)=O)C2. The number of aromatic nitrogens is 1. The molecule has 3 rings (SSSR count). The lowest BCUT2D eigenvalue weighted by molar-refractivity contribution is 0.0609. The van der Waals surface area contributed by atoms with Crippen LogP contribution in [0.4, 0.5) is 10.8 Å². The molecule has 0 saturated carbocycles. The highest BCUT2D eigenvalue weighted by atomic mass is 32.1. The first kappa shape index (κ1) is 13.6. The molecule has 2 unspecified atom stereocenters. The molecule has 1 aromatic heterocycles. The van der Waals surface area contributed by atoms with Gasteiger partial charge in [-0.3, -0.25) is 4.79 Å². The predicted molar refractivity (Wildman–Crippen MR) is 80.9 cm³/mol. The van der Waals surface area contributed by atoms with Crippen LogP contribution in [0.15, 0.2) is 0 Å². The largest absolute Gasteiger partial charge is 0.382 e. The monoisotopic (exact) mass is 295 g/mol. The fourth-order valence-electron chi connectivity index (χ4n) is 3.56. The Labute approximate surface area is 122 Å². The predicted octanol–water partition coefficient (Wildman–Crippen LogP) is 1.25. The summed E-state index contributed by atoms with van der Waals surface area (Å²) < 4.78 is 4.04. The van der Waals surface area contributed by atoms with E-state index in [0.29, 0.717) is 23.7 Å². The van der Waals surface area contributed by atoms with Crippen molar-refractivity contribution in [2.24, 2.45) is 5.73 Å². The van der Waals surface area contributed by atoms with Crippen molar-refractivity contribution in [2.75, 3.05) is 18.1 Å². The van der Waals surface area contributed by atoms with E-state index in [1.807, 2.05) is 0 Å². The zero-order valence-corrected chi connectivity index (χ0v) is 12.4. The molecule has 2 atom stereocenters. The van der Waals surface area contributed by atoms with Gasteiger partial charge in [0.1, 0.15) is 10.6 Å². The minimum Gasteiger partial charge on any atom is -0.382 e. The highest BCUT2D eigenvalue weighted by molar-refractivity contribution is 7.11. The molecule has 2 bridgehead atoms. The van der Waals surface area contributed by atoms with Crippen LogP contribution in [0.25, 0.3) is 0 Å². The number of amides is 1. The standard InChI is InChI=1S/C13H21N5OS/c1-18-8-3-2-4-9(18)6-7(5-8)16-13-10(12(15)19)11(14)17-20-13/h7-9,16H,2-6H2,1H3,(H2,14,17)(H2,15,19). The lowest BCUT2D eigenvalue weighted by Crippen LogP contribution is -2.52. The summed E-state index contributed by atoms with van der Waals surface area (Å²) in [5.74, 6) is -0.273. The molecule has 5 N–H and O–H groups in total. The highest BCUT2D eigenvalue weighted by Crippen LogP contribution is 2.35. The van der Waals surface area contributed by atoms with Crippen molar-refractivity contribution in [3.8, 4) is 0 Å². The van der Waals surface area contributed by atoms with Gasteiger partial charge in [0.2, 0.25) is 0 Å². The maximum Gasteiger partial charge on any atom is 0.255 e. The van der Waals surface area contributed by atoms with Crippen molar-refractivity contribution in [3.63, 3.8) is 0 Å². The molecule has 0 aliphatic carbocycles. The van der Waals surface area contributed by atoms with Crippen LogP contribution in [0.3, 0.4) is 0 Å². The van der Waals surface area contributed by atoms with Gasteiger partial charge in [0.25, 0.3) is 5.91 Å². The number of carbonyl (C=O) groups is 1. The van der Waals surface area contributed by atoms with Gasteiger partial charge in [-0.05, 0) is 44.3 Å². The molecule has 1 amide bonds. The molecular weight excluding hydrogens is 274 g/mol. The van der Waals surface area contributed by atoms with Crippen LogP contribution in [0.2, 0.25) is 0 Å². The molecule has 110 valence electrons. The van der Waals surface area contributed by atoms with Crippen LogP contribution in [-0.2, 0) is 0 Å². The molecule has 2 aliphatic heterocycles. The van der Waals surface area contributed by atoms with E-state index in [-0.39, 0.29) is 5.82 Å². The number of hydrogen-bond acceptors (Lipinski definition) is 6. The summed E-state index contributed by atoms with van der Waals surface area (Å²) in [6.07, 6.45) is 6.05. The lowest BCUT2D eigenvalue weighted by atomic mass is 9.82. The van der Waals surface area contributed by atoms with Crippen molar-refractivity contribution in [3.05, 3.63) is 5.56 Å². The van der Waals surface area contributed by atoms with E-state index in [1.54, 1.807) is 0 Å². The molecule has 2 saturated heterocycles. The molecule has 7 heteroatoms. The third kappa shape index (κ3) is 2.35. The zero-order valence-electron chi connectivity index (χ0n) is 11.6. The van der Waals surface area contributed by atoms with Gasteiger partial charge in [0.15, 0.2) is 5.82 Å². The molecule has 0 radical (unpaired) electrons. The molecule has 1 aromatic rings. The first-order valence-electron chi connectivity index (χ1n) is 7.09. The second-order valence-corrected chi connectivity index (χ2v) is 6.63. The number of rotatable bonds is 3. The summed E-state index contributed by atoms with van der Waals surface area (Å²) in [5, 5.41) is 4.17. The maximum absolute atomic E-state index is 11.5. The Kier molecular flexibility index (Phi) is 3.55. The molecule has 0 aromatic carbocycles. The van der Waals surface area contributed by atoms with Crippen LogP contribution in [0.5, 0.6) is 0 Å².